The van der Waals surface area contributed by atoms with E-state index in [0.29, 0.717) is 23.1 Å². The Hall–Kier alpha value is -2.98. The van der Waals surface area contributed by atoms with Gasteiger partial charge in [0, 0.05) is 43.7 Å². The number of pyridine rings is 1. The van der Waals surface area contributed by atoms with Crippen LogP contribution in [-0.4, -0.2) is 65.5 Å². The number of ether oxygens (including phenoxy) is 1. The summed E-state index contributed by atoms with van der Waals surface area (Å²) in [5, 5.41) is 12.2. The molecule has 0 atom stereocenters. The minimum absolute atomic E-state index is 0.00555. The SMILES string of the molecule is Cc1nnc(NCc2cccc(C(F)F)c2F)c2cc(N3CCN(C4COC4)CC3)cnc12. The van der Waals surface area contributed by atoms with Crippen molar-refractivity contribution in [1.82, 2.24) is 20.1 Å². The number of fused-ring (bicyclic) bond motifs is 1. The highest BCUT2D eigenvalue weighted by atomic mass is 19.3. The third kappa shape index (κ3) is 4.32. The fourth-order valence-electron chi connectivity index (χ4n) is 4.32. The van der Waals surface area contributed by atoms with Crippen LogP contribution in [0.1, 0.15) is 23.2 Å². The zero-order valence-corrected chi connectivity index (χ0v) is 18.3. The van der Waals surface area contributed by atoms with Crippen LogP contribution < -0.4 is 10.2 Å². The lowest BCUT2D eigenvalue weighted by atomic mass is 10.1. The van der Waals surface area contributed by atoms with Crippen LogP contribution >= 0.6 is 0 Å². The van der Waals surface area contributed by atoms with E-state index in [1.807, 2.05) is 19.2 Å². The summed E-state index contributed by atoms with van der Waals surface area (Å²) < 4.78 is 45.8. The Morgan fingerprint density at radius 2 is 1.94 bits per heavy atom. The number of hydrogen-bond donors (Lipinski definition) is 1. The van der Waals surface area contributed by atoms with Crippen molar-refractivity contribution in [1.29, 1.82) is 0 Å². The van der Waals surface area contributed by atoms with Crippen LogP contribution in [0.25, 0.3) is 10.9 Å². The zero-order chi connectivity index (χ0) is 22.9. The Morgan fingerprint density at radius 1 is 1.15 bits per heavy atom. The van der Waals surface area contributed by atoms with Gasteiger partial charge < -0.3 is 15.0 Å². The molecule has 0 aliphatic carbocycles. The van der Waals surface area contributed by atoms with E-state index < -0.39 is 17.8 Å². The fraction of sp³-hybridized carbons (Fsp3) is 0.435. The first kappa shape index (κ1) is 21.8. The minimum atomic E-state index is -2.87. The first-order valence-corrected chi connectivity index (χ1v) is 11.0. The maximum atomic E-state index is 14.4. The van der Waals surface area contributed by atoms with Gasteiger partial charge in [-0.05, 0) is 13.0 Å². The summed E-state index contributed by atoms with van der Waals surface area (Å²) in [6.45, 7) is 7.15. The molecule has 0 saturated carbocycles. The largest absolute Gasteiger partial charge is 0.378 e. The topological polar surface area (TPSA) is 66.4 Å². The second-order valence-corrected chi connectivity index (χ2v) is 8.41. The molecular formula is C23H25F3N6O. The van der Waals surface area contributed by atoms with E-state index in [1.165, 1.54) is 12.1 Å². The van der Waals surface area contributed by atoms with Gasteiger partial charge in [-0.15, -0.1) is 5.10 Å². The number of aromatic nitrogens is 3. The van der Waals surface area contributed by atoms with Gasteiger partial charge in [-0.25, -0.2) is 13.2 Å². The first-order valence-electron chi connectivity index (χ1n) is 11.0. The molecule has 1 aromatic carbocycles. The van der Waals surface area contributed by atoms with Gasteiger partial charge in [0.05, 0.1) is 47.9 Å². The van der Waals surface area contributed by atoms with Gasteiger partial charge >= 0.3 is 0 Å². The number of anilines is 2. The number of nitrogens with one attached hydrogen (secondary N) is 1. The first-order chi connectivity index (χ1) is 16.0. The highest BCUT2D eigenvalue weighted by Gasteiger charge is 2.29. The number of halogens is 3. The monoisotopic (exact) mass is 458 g/mol. The maximum absolute atomic E-state index is 14.4. The maximum Gasteiger partial charge on any atom is 0.266 e. The molecule has 2 fully saturated rings. The van der Waals surface area contributed by atoms with Crippen LogP contribution in [0.15, 0.2) is 30.5 Å². The Bertz CT molecular complexity index is 1150. The molecule has 3 aromatic rings. The molecule has 7 nitrogen and oxygen atoms in total. The normalized spacial score (nSPS) is 17.5. The van der Waals surface area contributed by atoms with Gasteiger partial charge in [-0.1, -0.05) is 18.2 Å². The minimum Gasteiger partial charge on any atom is -0.378 e. The van der Waals surface area contributed by atoms with Crippen LogP contribution in [-0.2, 0) is 11.3 Å². The van der Waals surface area contributed by atoms with Gasteiger partial charge in [0.15, 0.2) is 5.82 Å². The van der Waals surface area contributed by atoms with E-state index in [0.717, 1.165) is 56.5 Å². The average molecular weight is 458 g/mol. The summed E-state index contributed by atoms with van der Waals surface area (Å²) >= 11 is 0. The molecule has 5 rings (SSSR count). The summed E-state index contributed by atoms with van der Waals surface area (Å²) in [6.07, 6.45) is -1.02. The molecular weight excluding hydrogens is 433 g/mol. The molecule has 0 unspecified atom stereocenters. The van der Waals surface area contributed by atoms with Crippen molar-refractivity contribution in [2.45, 2.75) is 25.9 Å². The molecule has 1 N–H and O–H groups in total. The number of nitrogens with zero attached hydrogens (tertiary/aromatic N) is 5. The second-order valence-electron chi connectivity index (χ2n) is 8.41. The van der Waals surface area contributed by atoms with Gasteiger partial charge in [0.25, 0.3) is 6.43 Å². The van der Waals surface area contributed by atoms with Crippen molar-refractivity contribution >= 4 is 22.4 Å². The Morgan fingerprint density at radius 3 is 2.64 bits per heavy atom. The number of piperazine rings is 1. The molecule has 0 spiro atoms. The lowest BCUT2D eigenvalue weighted by molar-refractivity contribution is -0.0660. The van der Waals surface area contributed by atoms with Crippen LogP contribution in [0.2, 0.25) is 0 Å². The Kier molecular flexibility index (Phi) is 6.03. The summed E-state index contributed by atoms with van der Waals surface area (Å²) in [7, 11) is 0. The number of rotatable bonds is 6. The molecule has 2 saturated heterocycles. The summed E-state index contributed by atoms with van der Waals surface area (Å²) in [6, 6.07) is 6.54. The molecule has 4 heterocycles. The average Bonchev–Trinajstić information content (AvgIpc) is 2.78. The third-order valence-electron chi connectivity index (χ3n) is 6.38. The molecule has 10 heteroatoms. The van der Waals surface area contributed by atoms with Crippen LogP contribution in [0.5, 0.6) is 0 Å². The summed E-state index contributed by atoms with van der Waals surface area (Å²) in [5.74, 6) is -0.463. The molecule has 33 heavy (non-hydrogen) atoms. The highest BCUT2D eigenvalue weighted by Crippen LogP contribution is 2.29. The smallest absolute Gasteiger partial charge is 0.266 e. The van der Waals surface area contributed by atoms with Crippen LogP contribution in [0.4, 0.5) is 24.7 Å². The molecule has 2 aromatic heterocycles. The van der Waals surface area contributed by atoms with E-state index in [-0.39, 0.29) is 12.1 Å². The van der Waals surface area contributed by atoms with Gasteiger partial charge in [-0.3, -0.25) is 9.88 Å². The summed E-state index contributed by atoms with van der Waals surface area (Å²) in [5.41, 5.74) is 1.90. The Labute approximate surface area is 189 Å². The van der Waals surface area contributed by atoms with Crippen molar-refractivity contribution in [3.8, 4) is 0 Å². The predicted molar refractivity (Wildman–Crippen MR) is 119 cm³/mol. The van der Waals surface area contributed by atoms with Crippen molar-refractivity contribution in [2.75, 3.05) is 49.6 Å². The van der Waals surface area contributed by atoms with Crippen LogP contribution in [0.3, 0.4) is 0 Å². The van der Waals surface area contributed by atoms with E-state index in [2.05, 4.69) is 30.3 Å². The molecule has 0 radical (unpaired) electrons. The quantitative estimate of drug-likeness (QED) is 0.606. The lowest BCUT2D eigenvalue weighted by Gasteiger charge is -2.43. The van der Waals surface area contributed by atoms with E-state index in [9.17, 15) is 13.2 Å². The number of aryl methyl sites for hydroxylation is 1. The molecule has 2 aliphatic heterocycles. The van der Waals surface area contributed by atoms with Gasteiger partial charge in [0.2, 0.25) is 0 Å². The lowest BCUT2D eigenvalue weighted by Crippen LogP contribution is -2.56. The molecule has 0 amide bonds. The fourth-order valence-corrected chi connectivity index (χ4v) is 4.32. The van der Waals surface area contributed by atoms with Crippen LogP contribution in [0, 0.1) is 12.7 Å². The van der Waals surface area contributed by atoms with E-state index >= 15 is 0 Å². The third-order valence-corrected chi connectivity index (χ3v) is 6.38. The summed E-state index contributed by atoms with van der Waals surface area (Å²) in [4.78, 5) is 9.36. The highest BCUT2D eigenvalue weighted by molar-refractivity contribution is 5.92. The van der Waals surface area contributed by atoms with E-state index in [1.54, 1.807) is 0 Å². The van der Waals surface area contributed by atoms with Crippen molar-refractivity contribution < 1.29 is 17.9 Å². The number of hydrogen-bond acceptors (Lipinski definition) is 7. The molecule has 0 bridgehead atoms. The standard InChI is InChI=1S/C23H25F3N6O/c1-14-21-19(9-16(11-27-21)31-5-7-32(8-6-31)17-12-33-13-17)23(30-29-14)28-10-15-3-2-4-18(20(15)24)22(25)26/h2-4,9,11,17,22H,5-8,10,12-13H2,1H3,(H,28,30). The van der Waals surface area contributed by atoms with Gasteiger partial charge in [0.1, 0.15) is 5.82 Å². The zero-order valence-electron chi connectivity index (χ0n) is 18.3. The van der Waals surface area contributed by atoms with Crippen molar-refractivity contribution in [2.24, 2.45) is 0 Å². The van der Waals surface area contributed by atoms with Crippen molar-refractivity contribution in [3.05, 3.63) is 53.1 Å². The predicted octanol–water partition coefficient (Wildman–Crippen LogP) is 3.54. The Balaban J connectivity index is 1.37. The van der Waals surface area contributed by atoms with Crippen molar-refractivity contribution in [3.63, 3.8) is 0 Å². The van der Waals surface area contributed by atoms with Gasteiger partial charge in [-0.2, -0.15) is 5.10 Å². The number of benzene rings is 1. The molecule has 2 aliphatic rings. The van der Waals surface area contributed by atoms with E-state index in [4.69, 9.17) is 4.74 Å². The second kappa shape index (κ2) is 9.11. The molecule has 174 valence electrons. The number of alkyl halides is 2.